The molecule has 1 N–H and O–H groups in total. The van der Waals surface area contributed by atoms with Crippen LogP contribution < -0.4 is 5.32 Å². The molecule has 1 aromatic heterocycles. The van der Waals surface area contributed by atoms with Crippen molar-refractivity contribution in [3.05, 3.63) is 89.0 Å². The fraction of sp³-hybridized carbons (Fsp3) is 0.167. The highest BCUT2D eigenvalue weighted by Gasteiger charge is 2.21. The molecule has 1 heterocycles. The molecule has 164 valence electrons. The van der Waals surface area contributed by atoms with E-state index in [2.05, 4.69) is 16.4 Å². The molecule has 6 nitrogen and oxygen atoms in total. The van der Waals surface area contributed by atoms with E-state index in [0.29, 0.717) is 10.7 Å². The van der Waals surface area contributed by atoms with Crippen molar-refractivity contribution in [3.8, 4) is 0 Å². The first-order chi connectivity index (χ1) is 15.2. The summed E-state index contributed by atoms with van der Waals surface area (Å²) in [7, 11) is -2.13. The van der Waals surface area contributed by atoms with Gasteiger partial charge in [-0.15, -0.1) is 0 Å². The minimum atomic E-state index is -3.67. The van der Waals surface area contributed by atoms with Crippen LogP contribution in [-0.4, -0.2) is 30.7 Å². The number of hydrogen-bond acceptors (Lipinski definition) is 5. The molecule has 0 bridgehead atoms. The lowest BCUT2D eigenvalue weighted by atomic mass is 10.1. The molecule has 4 aromatic rings. The molecule has 3 aromatic carbocycles. The topological polar surface area (TPSA) is 79.4 Å². The summed E-state index contributed by atoms with van der Waals surface area (Å²) in [4.78, 5) is 17.3. The molecule has 1 amide bonds. The van der Waals surface area contributed by atoms with Gasteiger partial charge in [-0.25, -0.2) is 13.4 Å². The normalized spacial score (nSPS) is 11.8. The van der Waals surface area contributed by atoms with Crippen LogP contribution in [0.1, 0.15) is 27.0 Å². The summed E-state index contributed by atoms with van der Waals surface area (Å²) in [6.07, 6.45) is 0. The van der Waals surface area contributed by atoms with E-state index in [4.69, 9.17) is 0 Å². The van der Waals surface area contributed by atoms with Crippen molar-refractivity contribution < 1.29 is 13.2 Å². The average Bonchev–Trinajstić information content (AvgIpc) is 3.15. The number of aryl methyl sites for hydroxylation is 2. The van der Waals surface area contributed by atoms with Crippen LogP contribution in [0.4, 0.5) is 5.13 Å². The largest absolute Gasteiger partial charge is 0.298 e. The maximum atomic E-state index is 12.9. The van der Waals surface area contributed by atoms with Crippen LogP contribution >= 0.6 is 11.3 Å². The number of carbonyl (C=O) groups excluding carboxylic acids is 1. The van der Waals surface area contributed by atoms with E-state index in [1.807, 2.05) is 50.2 Å². The summed E-state index contributed by atoms with van der Waals surface area (Å²) in [6.45, 7) is 4.33. The van der Waals surface area contributed by atoms with Gasteiger partial charge in [0.05, 0.1) is 15.1 Å². The van der Waals surface area contributed by atoms with Gasteiger partial charge in [0.15, 0.2) is 5.13 Å². The second kappa shape index (κ2) is 8.82. The number of nitrogens with zero attached hydrogens (tertiary/aromatic N) is 2. The quantitative estimate of drug-likeness (QED) is 0.435. The van der Waals surface area contributed by atoms with E-state index in [1.54, 1.807) is 7.05 Å². The molecule has 0 spiro atoms. The Morgan fingerprint density at radius 3 is 2.34 bits per heavy atom. The fourth-order valence-electron chi connectivity index (χ4n) is 3.29. The number of fused-ring (bicyclic) bond motifs is 1. The second-order valence-corrected chi connectivity index (χ2v) is 10.7. The van der Waals surface area contributed by atoms with Gasteiger partial charge in [-0.3, -0.25) is 10.1 Å². The minimum absolute atomic E-state index is 0.137. The Balaban J connectivity index is 1.48. The van der Waals surface area contributed by atoms with Crippen LogP contribution in [0.3, 0.4) is 0 Å². The van der Waals surface area contributed by atoms with E-state index in [1.165, 1.54) is 45.5 Å². The summed E-state index contributed by atoms with van der Waals surface area (Å²) in [5, 5.41) is 3.32. The molecular weight excluding hydrogens is 442 g/mol. The predicted octanol–water partition coefficient (Wildman–Crippen LogP) is 4.99. The Morgan fingerprint density at radius 2 is 1.66 bits per heavy atom. The number of aromatic nitrogens is 1. The average molecular weight is 466 g/mol. The van der Waals surface area contributed by atoms with Crippen LogP contribution in [0.15, 0.2) is 71.6 Å². The summed E-state index contributed by atoms with van der Waals surface area (Å²) >= 11 is 1.41. The van der Waals surface area contributed by atoms with E-state index >= 15 is 0 Å². The zero-order valence-electron chi connectivity index (χ0n) is 18.0. The van der Waals surface area contributed by atoms with Crippen LogP contribution in [0.2, 0.25) is 0 Å². The van der Waals surface area contributed by atoms with Crippen molar-refractivity contribution in [3.63, 3.8) is 0 Å². The zero-order valence-corrected chi connectivity index (χ0v) is 19.6. The molecule has 0 aliphatic rings. The minimum Gasteiger partial charge on any atom is -0.298 e. The van der Waals surface area contributed by atoms with Crippen molar-refractivity contribution in [2.24, 2.45) is 0 Å². The van der Waals surface area contributed by atoms with Crippen LogP contribution in [0, 0.1) is 13.8 Å². The fourth-order valence-corrected chi connectivity index (χ4v) is 5.39. The summed E-state index contributed by atoms with van der Waals surface area (Å²) in [5.74, 6) is -0.334. The Labute approximate surface area is 191 Å². The van der Waals surface area contributed by atoms with Gasteiger partial charge >= 0.3 is 0 Å². The SMILES string of the molecule is Cc1cc2nc(NC(=O)c3ccc(S(=O)(=O)N(C)Cc4ccccc4)cc3)sc2cc1C. The lowest BCUT2D eigenvalue weighted by Crippen LogP contribution is -2.26. The number of hydrogen-bond donors (Lipinski definition) is 1. The smallest absolute Gasteiger partial charge is 0.257 e. The van der Waals surface area contributed by atoms with Crippen LogP contribution in [0.25, 0.3) is 10.2 Å². The number of amides is 1. The number of thiazole rings is 1. The van der Waals surface area contributed by atoms with Crippen molar-refractivity contribution in [1.29, 1.82) is 0 Å². The van der Waals surface area contributed by atoms with Gasteiger partial charge in [0.25, 0.3) is 5.91 Å². The van der Waals surface area contributed by atoms with E-state index < -0.39 is 10.0 Å². The van der Waals surface area contributed by atoms with Crippen molar-refractivity contribution in [2.45, 2.75) is 25.3 Å². The highest BCUT2D eigenvalue weighted by Crippen LogP contribution is 2.28. The molecule has 0 atom stereocenters. The Hall–Kier alpha value is -3.07. The molecule has 0 fully saturated rings. The van der Waals surface area contributed by atoms with Gasteiger partial charge in [-0.05, 0) is 66.9 Å². The monoisotopic (exact) mass is 465 g/mol. The molecule has 0 unspecified atom stereocenters. The lowest BCUT2D eigenvalue weighted by molar-refractivity contribution is 0.102. The third-order valence-corrected chi connectivity index (χ3v) is 8.05. The third-order valence-electron chi connectivity index (χ3n) is 5.30. The molecule has 0 saturated carbocycles. The zero-order chi connectivity index (χ0) is 22.9. The van der Waals surface area contributed by atoms with Gasteiger partial charge in [0.1, 0.15) is 0 Å². The Morgan fingerprint density at radius 1 is 1.00 bits per heavy atom. The molecule has 0 aliphatic carbocycles. The molecule has 0 aliphatic heterocycles. The first kappa shape index (κ1) is 22.1. The highest BCUT2D eigenvalue weighted by molar-refractivity contribution is 7.89. The first-order valence-electron chi connectivity index (χ1n) is 10.0. The highest BCUT2D eigenvalue weighted by atomic mass is 32.2. The van der Waals surface area contributed by atoms with E-state index in [-0.39, 0.29) is 17.3 Å². The number of benzene rings is 3. The number of rotatable bonds is 6. The summed E-state index contributed by atoms with van der Waals surface area (Å²) in [5.41, 5.74) is 4.43. The van der Waals surface area contributed by atoms with Crippen LogP contribution in [-0.2, 0) is 16.6 Å². The van der Waals surface area contributed by atoms with Gasteiger partial charge in [-0.2, -0.15) is 4.31 Å². The van der Waals surface area contributed by atoms with Gasteiger partial charge in [0, 0.05) is 19.2 Å². The molecule has 0 saturated heterocycles. The van der Waals surface area contributed by atoms with Crippen molar-refractivity contribution >= 4 is 42.6 Å². The standard InChI is InChI=1S/C24H23N3O3S2/c1-16-13-21-22(14-17(16)2)31-24(25-21)26-23(28)19-9-11-20(12-10-19)32(29,30)27(3)15-18-7-5-4-6-8-18/h4-14H,15H2,1-3H3,(H,25,26,28). The van der Waals surface area contributed by atoms with Crippen molar-refractivity contribution in [2.75, 3.05) is 12.4 Å². The number of carbonyl (C=O) groups is 1. The maximum Gasteiger partial charge on any atom is 0.257 e. The summed E-state index contributed by atoms with van der Waals surface area (Å²) in [6, 6.07) is 19.4. The predicted molar refractivity (Wildman–Crippen MR) is 129 cm³/mol. The molecule has 4 rings (SSSR count). The van der Waals surface area contributed by atoms with Gasteiger partial charge in [0.2, 0.25) is 10.0 Å². The molecule has 8 heteroatoms. The Bertz CT molecular complexity index is 1340. The van der Waals surface area contributed by atoms with Crippen molar-refractivity contribution in [1.82, 2.24) is 9.29 Å². The molecule has 0 radical (unpaired) electrons. The first-order valence-corrected chi connectivity index (χ1v) is 12.3. The van der Waals surface area contributed by atoms with E-state index in [0.717, 1.165) is 21.3 Å². The number of nitrogens with one attached hydrogen (secondary N) is 1. The van der Waals surface area contributed by atoms with Gasteiger partial charge in [-0.1, -0.05) is 41.7 Å². The van der Waals surface area contributed by atoms with E-state index in [9.17, 15) is 13.2 Å². The molecular formula is C24H23N3O3S2. The second-order valence-electron chi connectivity index (χ2n) is 7.65. The maximum absolute atomic E-state index is 12.9. The molecule has 32 heavy (non-hydrogen) atoms. The van der Waals surface area contributed by atoms with Crippen LogP contribution in [0.5, 0.6) is 0 Å². The number of anilines is 1. The lowest BCUT2D eigenvalue weighted by Gasteiger charge is -2.17. The summed E-state index contributed by atoms with van der Waals surface area (Å²) < 4.78 is 28.1. The third kappa shape index (κ3) is 4.57. The number of sulfonamides is 1. The van der Waals surface area contributed by atoms with Gasteiger partial charge < -0.3 is 0 Å². The Kier molecular flexibility index (Phi) is 6.10.